The molecule has 156 valence electrons. The quantitative estimate of drug-likeness (QED) is 0.325. The first-order valence-electron chi connectivity index (χ1n) is 9.38. The molecule has 0 saturated heterocycles. The lowest BCUT2D eigenvalue weighted by Crippen LogP contribution is -2.11. The zero-order valence-corrected chi connectivity index (χ0v) is 17.8. The first-order valence-corrected chi connectivity index (χ1v) is 10.6. The molecule has 0 aliphatic carbocycles. The molecule has 0 aliphatic rings. The van der Waals surface area contributed by atoms with E-state index in [1.54, 1.807) is 12.1 Å². The highest BCUT2D eigenvalue weighted by Crippen LogP contribution is 2.34. The fourth-order valence-corrected chi connectivity index (χ4v) is 3.76. The van der Waals surface area contributed by atoms with Crippen molar-refractivity contribution in [1.29, 1.82) is 0 Å². The standard InChI is InChI=1S/C24H17ClFNO3S/c25-16-5-12-20(13-6-16)31-23-4-2-1-3-21(23)27-24(28)22-14-11-19(30-22)15-29-18-9-7-17(26)8-10-18/h1-14H,15H2,(H,27,28). The smallest absolute Gasteiger partial charge is 0.291 e. The Morgan fingerprint density at radius 3 is 2.48 bits per heavy atom. The molecule has 1 aromatic heterocycles. The molecule has 0 atom stereocenters. The topological polar surface area (TPSA) is 51.5 Å². The molecule has 1 N–H and O–H groups in total. The van der Waals surface area contributed by atoms with Crippen LogP contribution in [0.25, 0.3) is 0 Å². The second-order valence-electron chi connectivity index (χ2n) is 6.51. The van der Waals surface area contributed by atoms with Gasteiger partial charge in [0, 0.05) is 14.8 Å². The lowest BCUT2D eigenvalue weighted by atomic mass is 10.3. The number of furan rings is 1. The minimum absolute atomic E-state index is 0.127. The summed E-state index contributed by atoms with van der Waals surface area (Å²) in [6, 6.07) is 24.0. The molecule has 0 saturated carbocycles. The summed E-state index contributed by atoms with van der Waals surface area (Å²) < 4.78 is 24.1. The van der Waals surface area contributed by atoms with Crippen LogP contribution in [0, 0.1) is 5.82 Å². The number of carbonyl (C=O) groups excluding carboxylic acids is 1. The second-order valence-corrected chi connectivity index (χ2v) is 8.07. The van der Waals surface area contributed by atoms with Crippen molar-refractivity contribution in [3.63, 3.8) is 0 Å². The predicted octanol–water partition coefficient (Wildman–Crippen LogP) is 7.05. The van der Waals surface area contributed by atoms with Crippen molar-refractivity contribution in [3.8, 4) is 5.75 Å². The van der Waals surface area contributed by atoms with Crippen LogP contribution in [0.15, 0.2) is 99.1 Å². The molecule has 0 fully saturated rings. The van der Waals surface area contributed by atoms with E-state index in [2.05, 4.69) is 5.32 Å². The highest BCUT2D eigenvalue weighted by atomic mass is 35.5. The van der Waals surface area contributed by atoms with E-state index in [9.17, 15) is 9.18 Å². The molecule has 1 amide bonds. The Labute approximate surface area is 188 Å². The van der Waals surface area contributed by atoms with Gasteiger partial charge in [0.15, 0.2) is 5.76 Å². The fourth-order valence-electron chi connectivity index (χ4n) is 2.74. The van der Waals surface area contributed by atoms with Crippen molar-refractivity contribution in [3.05, 3.63) is 107 Å². The highest BCUT2D eigenvalue weighted by Gasteiger charge is 2.14. The second kappa shape index (κ2) is 9.73. The maximum Gasteiger partial charge on any atom is 0.291 e. The van der Waals surface area contributed by atoms with Crippen LogP contribution in [0.4, 0.5) is 10.1 Å². The van der Waals surface area contributed by atoms with E-state index in [0.29, 0.717) is 22.2 Å². The number of para-hydroxylation sites is 1. The van der Waals surface area contributed by atoms with Crippen molar-refractivity contribution < 1.29 is 18.3 Å². The first kappa shape index (κ1) is 21.0. The number of carbonyl (C=O) groups is 1. The van der Waals surface area contributed by atoms with Gasteiger partial charge >= 0.3 is 0 Å². The molecule has 0 bridgehead atoms. The zero-order chi connectivity index (χ0) is 21.6. The van der Waals surface area contributed by atoms with Crippen LogP contribution in [0.1, 0.15) is 16.3 Å². The third kappa shape index (κ3) is 5.69. The molecule has 4 nitrogen and oxygen atoms in total. The third-order valence-corrected chi connectivity index (χ3v) is 5.59. The SMILES string of the molecule is O=C(Nc1ccccc1Sc1ccc(Cl)cc1)c1ccc(COc2ccc(F)cc2)o1. The van der Waals surface area contributed by atoms with Gasteiger partial charge in [-0.2, -0.15) is 0 Å². The molecule has 0 aliphatic heterocycles. The molecule has 0 unspecified atom stereocenters. The number of hydrogen-bond acceptors (Lipinski definition) is 4. The summed E-state index contributed by atoms with van der Waals surface area (Å²) in [5.41, 5.74) is 0.674. The first-order chi connectivity index (χ1) is 15.1. The lowest BCUT2D eigenvalue weighted by Gasteiger charge is -2.10. The number of halogens is 2. The maximum absolute atomic E-state index is 13.0. The van der Waals surface area contributed by atoms with Gasteiger partial charge in [0.25, 0.3) is 5.91 Å². The van der Waals surface area contributed by atoms with Crippen LogP contribution in [0.2, 0.25) is 5.02 Å². The molecule has 0 radical (unpaired) electrons. The minimum Gasteiger partial charge on any atom is -0.486 e. The Morgan fingerprint density at radius 2 is 1.71 bits per heavy atom. The molecular weight excluding hydrogens is 437 g/mol. The number of hydrogen-bond donors (Lipinski definition) is 1. The molecule has 0 spiro atoms. The third-order valence-electron chi connectivity index (χ3n) is 4.26. The maximum atomic E-state index is 13.0. The van der Waals surface area contributed by atoms with Crippen LogP contribution in [0.5, 0.6) is 5.75 Å². The largest absolute Gasteiger partial charge is 0.486 e. The molecule has 1 heterocycles. The number of benzene rings is 3. The van der Waals surface area contributed by atoms with Crippen LogP contribution >= 0.6 is 23.4 Å². The van der Waals surface area contributed by atoms with Crippen molar-refractivity contribution in [2.24, 2.45) is 0 Å². The Hall–Kier alpha value is -3.22. The number of rotatable bonds is 7. The average molecular weight is 454 g/mol. The summed E-state index contributed by atoms with van der Waals surface area (Å²) in [4.78, 5) is 14.6. The fraction of sp³-hybridized carbons (Fsp3) is 0.0417. The summed E-state index contributed by atoms with van der Waals surface area (Å²) in [5.74, 6) is 0.468. The highest BCUT2D eigenvalue weighted by molar-refractivity contribution is 7.99. The van der Waals surface area contributed by atoms with Crippen LogP contribution in [-0.2, 0) is 6.61 Å². The van der Waals surface area contributed by atoms with E-state index in [-0.39, 0.29) is 24.1 Å². The molecule has 31 heavy (non-hydrogen) atoms. The van der Waals surface area contributed by atoms with E-state index in [1.165, 1.54) is 36.0 Å². The summed E-state index contributed by atoms with van der Waals surface area (Å²) >= 11 is 7.47. The van der Waals surface area contributed by atoms with Crippen molar-refractivity contribution in [2.75, 3.05) is 5.32 Å². The Bertz CT molecular complexity index is 1180. The monoisotopic (exact) mass is 453 g/mol. The normalized spacial score (nSPS) is 10.6. The minimum atomic E-state index is -0.364. The van der Waals surface area contributed by atoms with Gasteiger partial charge in [-0.3, -0.25) is 4.79 Å². The molecule has 3 aromatic carbocycles. The summed E-state index contributed by atoms with van der Waals surface area (Å²) in [7, 11) is 0. The summed E-state index contributed by atoms with van der Waals surface area (Å²) in [6.07, 6.45) is 0. The molecule has 4 aromatic rings. The van der Waals surface area contributed by atoms with Gasteiger partial charge in [-0.25, -0.2) is 4.39 Å². The van der Waals surface area contributed by atoms with Gasteiger partial charge < -0.3 is 14.5 Å². The van der Waals surface area contributed by atoms with Crippen LogP contribution < -0.4 is 10.1 Å². The number of anilines is 1. The van der Waals surface area contributed by atoms with Crippen molar-refractivity contribution >= 4 is 35.0 Å². The Balaban J connectivity index is 1.40. The lowest BCUT2D eigenvalue weighted by molar-refractivity contribution is 0.0992. The van der Waals surface area contributed by atoms with E-state index < -0.39 is 0 Å². The summed E-state index contributed by atoms with van der Waals surface area (Å²) in [6.45, 7) is 0.127. The number of amides is 1. The van der Waals surface area contributed by atoms with Gasteiger partial charge in [-0.1, -0.05) is 35.5 Å². The van der Waals surface area contributed by atoms with Crippen LogP contribution in [0.3, 0.4) is 0 Å². The Morgan fingerprint density at radius 1 is 0.968 bits per heavy atom. The van der Waals surface area contributed by atoms with Gasteiger partial charge in [-0.05, 0) is 72.8 Å². The summed E-state index contributed by atoms with van der Waals surface area (Å²) in [5, 5.41) is 3.56. The van der Waals surface area contributed by atoms with E-state index in [4.69, 9.17) is 20.8 Å². The molecular formula is C24H17ClFNO3S. The van der Waals surface area contributed by atoms with Crippen molar-refractivity contribution in [2.45, 2.75) is 16.4 Å². The molecule has 7 heteroatoms. The Kier molecular flexibility index (Phi) is 6.60. The van der Waals surface area contributed by atoms with E-state index in [1.807, 2.05) is 48.5 Å². The number of nitrogens with one attached hydrogen (secondary N) is 1. The van der Waals surface area contributed by atoms with Crippen molar-refractivity contribution in [1.82, 2.24) is 0 Å². The van der Waals surface area contributed by atoms with Crippen LogP contribution in [-0.4, -0.2) is 5.91 Å². The van der Waals surface area contributed by atoms with Gasteiger partial charge in [0.05, 0.1) is 5.69 Å². The number of ether oxygens (including phenoxy) is 1. The van der Waals surface area contributed by atoms with Gasteiger partial charge in [0.2, 0.25) is 0 Å². The van der Waals surface area contributed by atoms with Gasteiger partial charge in [-0.15, -0.1) is 0 Å². The molecule has 4 rings (SSSR count). The average Bonchev–Trinajstić information content (AvgIpc) is 3.26. The van der Waals surface area contributed by atoms with Gasteiger partial charge in [0.1, 0.15) is 23.9 Å². The van der Waals surface area contributed by atoms with E-state index in [0.717, 1.165) is 9.79 Å². The zero-order valence-electron chi connectivity index (χ0n) is 16.2. The predicted molar refractivity (Wildman–Crippen MR) is 119 cm³/mol. The van der Waals surface area contributed by atoms with E-state index >= 15 is 0 Å².